The fourth-order valence-corrected chi connectivity index (χ4v) is 6.88. The van der Waals surface area contributed by atoms with Gasteiger partial charge in [0.25, 0.3) is 0 Å². The van der Waals surface area contributed by atoms with Crippen molar-refractivity contribution in [2.75, 3.05) is 5.75 Å². The molecule has 0 aliphatic rings. The molecule has 0 aliphatic carbocycles. The molecule has 1 unspecified atom stereocenters. The Hall–Kier alpha value is -4.28. The second-order valence-electron chi connectivity index (χ2n) is 11.0. The predicted molar refractivity (Wildman–Crippen MR) is 168 cm³/mol. The number of carboxylic acid groups (broad SMARTS) is 1. The van der Waals surface area contributed by atoms with Crippen LogP contribution < -0.4 is 5.32 Å². The van der Waals surface area contributed by atoms with Crippen molar-refractivity contribution in [1.29, 1.82) is 0 Å². The molecule has 4 aromatic carbocycles. The molecule has 222 valence electrons. The molecule has 0 saturated carbocycles. The fourth-order valence-electron chi connectivity index (χ4n) is 4.61. The summed E-state index contributed by atoms with van der Waals surface area (Å²) in [7, 11) is -3.76. The number of rotatable bonds is 9. The third-order valence-electron chi connectivity index (χ3n) is 6.66. The Kier molecular flexibility index (Phi) is 8.52. The minimum Gasteiger partial charge on any atom is -0.480 e. The molecular weight excluding hydrogens is 586 g/mol. The zero-order valence-corrected chi connectivity index (χ0v) is 25.5. The number of carboxylic acids is 1. The number of hydrogen-bond acceptors (Lipinski definition) is 7. The number of hydrogen-bond donors (Lipinski definition) is 2. The standard InChI is InChI=1S/C33H31NO7S2/c1-33(2,3)41-32(37)34-28(31(35)36)20-42-19-21-11-15-23(16-12-21)43(38,39)24-17-13-22(14-18-24)25-8-6-9-27-26-7-4-5-10-29(26)40-30(25)27/h4-18,28H,19-20H2,1-3H3,(H,34,37)(H,35,36). The minimum absolute atomic E-state index is 0.114. The molecule has 0 spiro atoms. The summed E-state index contributed by atoms with van der Waals surface area (Å²) in [6, 6.07) is 25.9. The molecular formula is C33H31NO7S2. The smallest absolute Gasteiger partial charge is 0.408 e. The van der Waals surface area contributed by atoms with Crippen LogP contribution in [-0.2, 0) is 25.1 Å². The molecule has 8 nitrogen and oxygen atoms in total. The molecule has 0 aliphatic heterocycles. The lowest BCUT2D eigenvalue weighted by molar-refractivity contribution is -0.138. The van der Waals surface area contributed by atoms with Crippen LogP contribution in [-0.4, -0.2) is 43.0 Å². The van der Waals surface area contributed by atoms with E-state index in [0.29, 0.717) is 5.75 Å². The van der Waals surface area contributed by atoms with Gasteiger partial charge in [0.15, 0.2) is 0 Å². The molecule has 0 radical (unpaired) electrons. The van der Waals surface area contributed by atoms with E-state index in [0.717, 1.165) is 38.6 Å². The number of sulfone groups is 1. The molecule has 1 atom stereocenters. The van der Waals surface area contributed by atoms with E-state index in [-0.39, 0.29) is 15.5 Å². The minimum atomic E-state index is -3.76. The van der Waals surface area contributed by atoms with Crippen molar-refractivity contribution in [3.05, 3.63) is 96.6 Å². The van der Waals surface area contributed by atoms with Gasteiger partial charge >= 0.3 is 12.1 Å². The number of benzene rings is 4. The molecule has 1 aromatic heterocycles. The fraction of sp³-hybridized carbons (Fsp3) is 0.212. The molecule has 0 fully saturated rings. The van der Waals surface area contributed by atoms with Gasteiger partial charge in [-0.25, -0.2) is 18.0 Å². The Labute approximate surface area is 254 Å². The van der Waals surface area contributed by atoms with E-state index in [1.807, 2.05) is 42.5 Å². The van der Waals surface area contributed by atoms with Crippen LogP contribution >= 0.6 is 11.8 Å². The monoisotopic (exact) mass is 617 g/mol. The van der Waals surface area contributed by atoms with Gasteiger partial charge in [0.05, 0.1) is 9.79 Å². The summed E-state index contributed by atoms with van der Waals surface area (Å²) in [5.41, 5.74) is 3.35. The van der Waals surface area contributed by atoms with Gasteiger partial charge < -0.3 is 19.6 Å². The zero-order valence-electron chi connectivity index (χ0n) is 23.9. The van der Waals surface area contributed by atoms with E-state index in [1.54, 1.807) is 69.3 Å². The van der Waals surface area contributed by atoms with Gasteiger partial charge in [-0.15, -0.1) is 0 Å². The Bertz CT molecular complexity index is 1890. The van der Waals surface area contributed by atoms with Gasteiger partial charge in [0, 0.05) is 27.8 Å². The van der Waals surface area contributed by atoms with Gasteiger partial charge in [0.1, 0.15) is 22.8 Å². The highest BCUT2D eigenvalue weighted by Gasteiger charge is 2.24. The SMILES string of the molecule is CC(C)(C)OC(=O)NC(CSCc1ccc(S(=O)(=O)c2ccc(-c3cccc4c3oc3ccccc34)cc2)cc1)C(=O)O. The Morgan fingerprint density at radius 3 is 2.16 bits per heavy atom. The van der Waals surface area contributed by atoms with Gasteiger partial charge in [-0.3, -0.25) is 0 Å². The maximum atomic E-state index is 13.4. The van der Waals surface area contributed by atoms with E-state index in [4.69, 9.17) is 9.15 Å². The van der Waals surface area contributed by atoms with Crippen LogP contribution in [0, 0.1) is 0 Å². The zero-order chi connectivity index (χ0) is 30.8. The van der Waals surface area contributed by atoms with E-state index in [1.165, 1.54) is 11.8 Å². The topological polar surface area (TPSA) is 123 Å². The molecule has 0 saturated heterocycles. The molecule has 5 aromatic rings. The molecule has 10 heteroatoms. The van der Waals surface area contributed by atoms with Crippen molar-refractivity contribution < 1.29 is 32.3 Å². The Balaban J connectivity index is 1.25. The number of amides is 1. The number of ether oxygens (including phenoxy) is 1. The van der Waals surface area contributed by atoms with Gasteiger partial charge in [-0.05, 0) is 62.2 Å². The van der Waals surface area contributed by atoms with Crippen LogP contribution in [0.1, 0.15) is 26.3 Å². The van der Waals surface area contributed by atoms with Crippen molar-refractivity contribution in [3.63, 3.8) is 0 Å². The number of furan rings is 1. The predicted octanol–water partition coefficient (Wildman–Crippen LogP) is 7.30. The summed E-state index contributed by atoms with van der Waals surface area (Å²) in [6.07, 6.45) is -0.797. The normalized spacial score (nSPS) is 12.7. The lowest BCUT2D eigenvalue weighted by Gasteiger charge is -2.21. The number of fused-ring (bicyclic) bond motifs is 3. The molecule has 5 rings (SSSR count). The first-order valence-electron chi connectivity index (χ1n) is 13.6. The first-order valence-corrected chi connectivity index (χ1v) is 16.2. The second kappa shape index (κ2) is 12.1. The Morgan fingerprint density at radius 2 is 1.51 bits per heavy atom. The number of para-hydroxylation sites is 2. The first kappa shape index (κ1) is 30.2. The number of aliphatic carboxylic acids is 1. The summed E-state index contributed by atoms with van der Waals surface area (Å²) in [4.78, 5) is 23.9. The number of carbonyl (C=O) groups is 2. The highest BCUT2D eigenvalue weighted by molar-refractivity contribution is 7.98. The van der Waals surface area contributed by atoms with Gasteiger partial charge in [-0.2, -0.15) is 11.8 Å². The van der Waals surface area contributed by atoms with E-state index < -0.39 is 33.5 Å². The van der Waals surface area contributed by atoms with Gasteiger partial charge in [-0.1, -0.05) is 60.7 Å². The second-order valence-corrected chi connectivity index (χ2v) is 14.0. The third kappa shape index (κ3) is 6.87. The van der Waals surface area contributed by atoms with E-state index >= 15 is 0 Å². The molecule has 2 N–H and O–H groups in total. The van der Waals surface area contributed by atoms with Crippen LogP contribution in [0.2, 0.25) is 0 Å². The van der Waals surface area contributed by atoms with Crippen LogP contribution in [0.25, 0.3) is 33.1 Å². The quantitative estimate of drug-likeness (QED) is 0.177. The molecule has 1 amide bonds. The number of carbonyl (C=O) groups excluding carboxylic acids is 1. The average molecular weight is 618 g/mol. The summed E-state index contributed by atoms with van der Waals surface area (Å²) in [6.45, 7) is 5.08. The average Bonchev–Trinajstić information content (AvgIpc) is 3.35. The third-order valence-corrected chi connectivity index (χ3v) is 9.55. The van der Waals surface area contributed by atoms with Crippen LogP contribution in [0.4, 0.5) is 4.79 Å². The Morgan fingerprint density at radius 1 is 0.884 bits per heavy atom. The largest absolute Gasteiger partial charge is 0.480 e. The highest BCUT2D eigenvalue weighted by atomic mass is 32.2. The summed E-state index contributed by atoms with van der Waals surface area (Å²) >= 11 is 1.31. The summed E-state index contributed by atoms with van der Waals surface area (Å²) in [5.74, 6) is -0.620. The van der Waals surface area contributed by atoms with Crippen molar-refractivity contribution in [2.45, 2.75) is 48.0 Å². The van der Waals surface area contributed by atoms with Crippen LogP contribution in [0.15, 0.2) is 105 Å². The first-order chi connectivity index (χ1) is 20.4. The van der Waals surface area contributed by atoms with Crippen molar-refractivity contribution in [1.82, 2.24) is 5.32 Å². The summed E-state index contributed by atoms with van der Waals surface area (Å²) in [5, 5.41) is 13.9. The lowest BCUT2D eigenvalue weighted by Crippen LogP contribution is -2.44. The van der Waals surface area contributed by atoms with Crippen molar-refractivity contribution >= 4 is 55.6 Å². The van der Waals surface area contributed by atoms with E-state index in [2.05, 4.69) is 5.32 Å². The van der Waals surface area contributed by atoms with Gasteiger partial charge in [0.2, 0.25) is 9.84 Å². The molecule has 1 heterocycles. The maximum Gasteiger partial charge on any atom is 0.408 e. The van der Waals surface area contributed by atoms with Crippen LogP contribution in [0.5, 0.6) is 0 Å². The van der Waals surface area contributed by atoms with Crippen LogP contribution in [0.3, 0.4) is 0 Å². The number of nitrogens with one attached hydrogen (secondary N) is 1. The molecule has 0 bridgehead atoms. The maximum absolute atomic E-state index is 13.4. The number of thioether (sulfide) groups is 1. The van der Waals surface area contributed by atoms with Crippen molar-refractivity contribution in [2.24, 2.45) is 0 Å². The number of alkyl carbamates (subject to hydrolysis) is 1. The molecule has 43 heavy (non-hydrogen) atoms. The van der Waals surface area contributed by atoms with E-state index in [9.17, 15) is 23.1 Å². The highest BCUT2D eigenvalue weighted by Crippen LogP contribution is 2.36. The lowest BCUT2D eigenvalue weighted by atomic mass is 10.0. The summed E-state index contributed by atoms with van der Waals surface area (Å²) < 4.78 is 38.0. The van der Waals surface area contributed by atoms with Crippen molar-refractivity contribution in [3.8, 4) is 11.1 Å².